The average molecular weight is 273 g/mol. The summed E-state index contributed by atoms with van der Waals surface area (Å²) in [6.45, 7) is 10.4. The minimum atomic E-state index is 0.447. The van der Waals surface area contributed by atoms with Crippen molar-refractivity contribution in [2.45, 2.75) is 65.8 Å². The second-order valence-electron chi connectivity index (χ2n) is 7.49. The predicted octanol–water partition coefficient (Wildman–Crippen LogP) is 5.12. The van der Waals surface area contributed by atoms with Gasteiger partial charge in [-0.1, -0.05) is 52.0 Å². The van der Waals surface area contributed by atoms with E-state index in [1.54, 1.807) is 11.1 Å². The molecule has 1 aromatic rings. The molecule has 0 saturated heterocycles. The lowest BCUT2D eigenvalue weighted by Gasteiger charge is -2.30. The zero-order valence-corrected chi connectivity index (χ0v) is 13.7. The first kappa shape index (κ1) is 15.6. The predicted molar refractivity (Wildman–Crippen MR) is 88.0 cm³/mol. The third-order valence-corrected chi connectivity index (χ3v) is 4.57. The molecule has 0 amide bonds. The van der Waals surface area contributed by atoms with Gasteiger partial charge in [0.2, 0.25) is 0 Å². The van der Waals surface area contributed by atoms with Gasteiger partial charge in [0, 0.05) is 6.04 Å². The van der Waals surface area contributed by atoms with Crippen molar-refractivity contribution in [2.75, 3.05) is 6.54 Å². The van der Waals surface area contributed by atoms with Crippen LogP contribution < -0.4 is 5.32 Å². The van der Waals surface area contributed by atoms with Crippen molar-refractivity contribution >= 4 is 0 Å². The number of benzene rings is 1. The Bertz CT molecular complexity index is 416. The highest BCUT2D eigenvalue weighted by Gasteiger charge is 2.27. The molecule has 1 N–H and O–H groups in total. The molecular weight excluding hydrogens is 242 g/mol. The standard InChI is InChI=1S/C19H31N/c1-5-20-18-16(13-14-19(2,3)4)11-8-10-15-9-6-7-12-17(15)18/h6-7,9,12,16,18,20H,5,8,10-11,13-14H2,1-4H3. The molecule has 0 spiro atoms. The fourth-order valence-corrected chi connectivity index (χ4v) is 3.47. The van der Waals surface area contributed by atoms with Crippen molar-refractivity contribution in [2.24, 2.45) is 11.3 Å². The molecule has 2 rings (SSSR count). The maximum atomic E-state index is 3.77. The smallest absolute Gasteiger partial charge is 0.0351 e. The van der Waals surface area contributed by atoms with E-state index in [0.29, 0.717) is 11.5 Å². The normalized spacial score (nSPS) is 23.2. The number of fused-ring (bicyclic) bond motifs is 1. The summed E-state index contributed by atoms with van der Waals surface area (Å²) in [4.78, 5) is 0. The summed E-state index contributed by atoms with van der Waals surface area (Å²) >= 11 is 0. The molecule has 2 atom stereocenters. The van der Waals surface area contributed by atoms with Crippen LogP contribution >= 0.6 is 0 Å². The maximum absolute atomic E-state index is 3.77. The van der Waals surface area contributed by atoms with Gasteiger partial charge in [0.05, 0.1) is 0 Å². The van der Waals surface area contributed by atoms with Gasteiger partial charge in [0.25, 0.3) is 0 Å². The molecule has 0 bridgehead atoms. The van der Waals surface area contributed by atoms with Crippen LogP contribution in [0.1, 0.15) is 70.5 Å². The topological polar surface area (TPSA) is 12.0 Å². The van der Waals surface area contributed by atoms with E-state index >= 15 is 0 Å². The lowest BCUT2D eigenvalue weighted by atomic mass is 9.81. The Hall–Kier alpha value is -0.820. The van der Waals surface area contributed by atoms with Crippen LogP contribution in [0, 0.1) is 11.3 Å². The van der Waals surface area contributed by atoms with Gasteiger partial charge in [-0.05, 0) is 61.1 Å². The lowest BCUT2D eigenvalue weighted by Crippen LogP contribution is -2.28. The highest BCUT2D eigenvalue weighted by molar-refractivity contribution is 5.31. The monoisotopic (exact) mass is 273 g/mol. The summed E-state index contributed by atoms with van der Waals surface area (Å²) < 4.78 is 0. The van der Waals surface area contributed by atoms with Crippen molar-refractivity contribution in [1.82, 2.24) is 5.32 Å². The van der Waals surface area contributed by atoms with E-state index < -0.39 is 0 Å². The van der Waals surface area contributed by atoms with Crippen LogP contribution in [0.5, 0.6) is 0 Å². The van der Waals surface area contributed by atoms with Crippen molar-refractivity contribution in [3.63, 3.8) is 0 Å². The van der Waals surface area contributed by atoms with Crippen LogP contribution in [0.2, 0.25) is 0 Å². The Morgan fingerprint density at radius 2 is 1.95 bits per heavy atom. The van der Waals surface area contributed by atoms with Gasteiger partial charge >= 0.3 is 0 Å². The Morgan fingerprint density at radius 3 is 2.65 bits per heavy atom. The van der Waals surface area contributed by atoms with E-state index in [4.69, 9.17) is 0 Å². The fraction of sp³-hybridized carbons (Fsp3) is 0.684. The molecule has 1 heteroatoms. The highest BCUT2D eigenvalue weighted by atomic mass is 14.9. The lowest BCUT2D eigenvalue weighted by molar-refractivity contribution is 0.266. The first-order chi connectivity index (χ1) is 9.51. The molecule has 0 radical (unpaired) electrons. The van der Waals surface area contributed by atoms with Crippen LogP contribution in [-0.4, -0.2) is 6.54 Å². The second kappa shape index (κ2) is 6.76. The van der Waals surface area contributed by atoms with Crippen molar-refractivity contribution in [1.29, 1.82) is 0 Å². The van der Waals surface area contributed by atoms with E-state index in [0.717, 1.165) is 12.5 Å². The first-order valence-corrected chi connectivity index (χ1v) is 8.32. The molecule has 1 nitrogen and oxygen atoms in total. The summed E-state index contributed by atoms with van der Waals surface area (Å²) in [5, 5.41) is 3.77. The van der Waals surface area contributed by atoms with Gasteiger partial charge in [0.1, 0.15) is 0 Å². The molecule has 2 unspecified atom stereocenters. The van der Waals surface area contributed by atoms with Crippen molar-refractivity contribution < 1.29 is 0 Å². The Kier molecular flexibility index (Phi) is 5.26. The molecule has 0 aromatic heterocycles. The van der Waals surface area contributed by atoms with Gasteiger partial charge in [-0.3, -0.25) is 0 Å². The van der Waals surface area contributed by atoms with Crippen LogP contribution in [0.25, 0.3) is 0 Å². The number of aryl methyl sites for hydroxylation is 1. The van der Waals surface area contributed by atoms with Crippen LogP contribution in [0.15, 0.2) is 24.3 Å². The van der Waals surface area contributed by atoms with E-state index in [1.807, 2.05) is 0 Å². The molecule has 0 heterocycles. The molecule has 0 fully saturated rings. The third kappa shape index (κ3) is 4.09. The van der Waals surface area contributed by atoms with Crippen LogP contribution in [0.3, 0.4) is 0 Å². The highest BCUT2D eigenvalue weighted by Crippen LogP contribution is 2.37. The van der Waals surface area contributed by atoms with Gasteiger partial charge in [0.15, 0.2) is 0 Å². The Balaban J connectivity index is 2.18. The maximum Gasteiger partial charge on any atom is 0.0351 e. The molecule has 1 aliphatic rings. The van der Waals surface area contributed by atoms with Gasteiger partial charge in [-0.25, -0.2) is 0 Å². The van der Waals surface area contributed by atoms with E-state index in [-0.39, 0.29) is 0 Å². The van der Waals surface area contributed by atoms with Gasteiger partial charge in [-0.15, -0.1) is 0 Å². The third-order valence-electron chi connectivity index (χ3n) is 4.57. The number of nitrogens with one attached hydrogen (secondary N) is 1. The van der Waals surface area contributed by atoms with Crippen molar-refractivity contribution in [3.05, 3.63) is 35.4 Å². The van der Waals surface area contributed by atoms with Gasteiger partial charge < -0.3 is 5.32 Å². The molecule has 20 heavy (non-hydrogen) atoms. The molecule has 0 aliphatic heterocycles. The minimum Gasteiger partial charge on any atom is -0.310 e. The van der Waals surface area contributed by atoms with Crippen molar-refractivity contribution in [3.8, 4) is 0 Å². The second-order valence-corrected chi connectivity index (χ2v) is 7.49. The number of hydrogen-bond acceptors (Lipinski definition) is 1. The van der Waals surface area contributed by atoms with Gasteiger partial charge in [-0.2, -0.15) is 0 Å². The SMILES string of the molecule is CCNC1c2ccccc2CCCC1CCC(C)(C)C. The van der Waals surface area contributed by atoms with E-state index in [9.17, 15) is 0 Å². The fourth-order valence-electron chi connectivity index (χ4n) is 3.47. The molecule has 0 saturated carbocycles. The zero-order valence-electron chi connectivity index (χ0n) is 13.7. The largest absolute Gasteiger partial charge is 0.310 e. The van der Waals surface area contributed by atoms with E-state index in [2.05, 4.69) is 57.3 Å². The Morgan fingerprint density at radius 1 is 1.20 bits per heavy atom. The summed E-state index contributed by atoms with van der Waals surface area (Å²) in [6.07, 6.45) is 6.62. The summed E-state index contributed by atoms with van der Waals surface area (Å²) in [5.74, 6) is 0.790. The first-order valence-electron chi connectivity index (χ1n) is 8.32. The summed E-state index contributed by atoms with van der Waals surface area (Å²) in [6, 6.07) is 9.62. The average Bonchev–Trinajstić information content (AvgIpc) is 2.56. The molecule has 112 valence electrons. The van der Waals surface area contributed by atoms with Crippen LogP contribution in [-0.2, 0) is 6.42 Å². The molecule has 1 aliphatic carbocycles. The quantitative estimate of drug-likeness (QED) is 0.751. The minimum absolute atomic E-state index is 0.447. The summed E-state index contributed by atoms with van der Waals surface area (Å²) in [7, 11) is 0. The molecular formula is C19H31N. The summed E-state index contributed by atoms with van der Waals surface area (Å²) in [5.41, 5.74) is 3.57. The zero-order chi connectivity index (χ0) is 14.6. The Labute approximate surface area is 125 Å². The molecule has 1 aromatic carbocycles. The number of rotatable bonds is 4. The number of hydrogen-bond donors (Lipinski definition) is 1. The van der Waals surface area contributed by atoms with E-state index in [1.165, 1.54) is 32.1 Å². The van der Waals surface area contributed by atoms with Crippen LogP contribution in [0.4, 0.5) is 0 Å².